The molecule has 1 aliphatic rings. The second-order valence-corrected chi connectivity index (χ2v) is 6.30. The lowest BCUT2D eigenvalue weighted by Gasteiger charge is -2.25. The summed E-state index contributed by atoms with van der Waals surface area (Å²) in [5, 5.41) is 9.22. The summed E-state index contributed by atoms with van der Waals surface area (Å²) in [6.07, 6.45) is -1.07. The van der Waals surface area contributed by atoms with Crippen molar-refractivity contribution in [3.8, 4) is 0 Å². The number of carboxylic acid groups (broad SMARTS) is 1. The van der Waals surface area contributed by atoms with E-state index in [-0.39, 0.29) is 19.4 Å². The van der Waals surface area contributed by atoms with E-state index in [1.165, 1.54) is 0 Å². The first-order valence-electron chi connectivity index (χ1n) is 6.59. The molecule has 3 amide bonds. The van der Waals surface area contributed by atoms with Gasteiger partial charge in [0.05, 0.1) is 5.41 Å². The van der Waals surface area contributed by atoms with Gasteiger partial charge in [-0.05, 0) is 24.5 Å². The highest BCUT2D eigenvalue weighted by Gasteiger charge is 2.52. The lowest BCUT2D eigenvalue weighted by Crippen LogP contribution is -2.44. The maximum Gasteiger partial charge on any atom is 0.408 e. The maximum absolute atomic E-state index is 12.0. The topological polar surface area (TPSA) is 127 Å². The monoisotopic (exact) mass is 369 g/mol. The van der Waals surface area contributed by atoms with E-state index in [1.54, 1.807) is 0 Å². The van der Waals surface area contributed by atoms with E-state index < -0.39 is 29.4 Å². The van der Waals surface area contributed by atoms with Gasteiger partial charge in [-0.15, -0.1) is 0 Å². The summed E-state index contributed by atoms with van der Waals surface area (Å²) < 4.78 is 0.792. The fourth-order valence-corrected chi connectivity index (χ4v) is 3.26. The smallest absolute Gasteiger partial charge is 0.408 e. The van der Waals surface area contributed by atoms with E-state index in [0.717, 1.165) is 14.9 Å². The molecule has 22 heavy (non-hydrogen) atoms. The molecule has 1 aromatic carbocycles. The highest BCUT2D eigenvalue weighted by molar-refractivity contribution is 9.10. The van der Waals surface area contributed by atoms with Crippen LogP contribution in [0.4, 0.5) is 4.79 Å². The quantitative estimate of drug-likeness (QED) is 0.721. The summed E-state index contributed by atoms with van der Waals surface area (Å²) in [4.78, 5) is 35.7. The number of likely N-dealkylation sites (tertiary alicyclic amines) is 1. The number of hydrogen-bond donors (Lipinski definition) is 3. The van der Waals surface area contributed by atoms with Gasteiger partial charge in [0.15, 0.2) is 0 Å². The second kappa shape index (κ2) is 5.96. The average molecular weight is 370 g/mol. The van der Waals surface area contributed by atoms with Gasteiger partial charge in [0.25, 0.3) is 0 Å². The standard InChI is InChI=1S/C14H16BrN3O4/c15-9-4-2-1-3-8(9)5-14(12(17)20)6-10(11(16)19)18(7-14)13(21)22/h1-4,10H,5-7H2,(H2,16,19)(H2,17,20)(H,21,22)/t10-,14?/m0/s1. The van der Waals surface area contributed by atoms with Gasteiger partial charge in [0.2, 0.25) is 11.8 Å². The van der Waals surface area contributed by atoms with E-state index >= 15 is 0 Å². The first-order chi connectivity index (χ1) is 10.3. The molecule has 0 aliphatic carbocycles. The van der Waals surface area contributed by atoms with Crippen LogP contribution in [-0.2, 0) is 16.0 Å². The van der Waals surface area contributed by atoms with Gasteiger partial charge in [0, 0.05) is 11.0 Å². The number of rotatable bonds is 4. The van der Waals surface area contributed by atoms with Crippen molar-refractivity contribution in [2.24, 2.45) is 16.9 Å². The molecule has 8 heteroatoms. The Morgan fingerprint density at radius 2 is 1.95 bits per heavy atom. The molecule has 0 spiro atoms. The van der Waals surface area contributed by atoms with Gasteiger partial charge < -0.3 is 16.6 Å². The minimum atomic E-state index is -1.29. The lowest BCUT2D eigenvalue weighted by atomic mass is 9.78. The zero-order valence-corrected chi connectivity index (χ0v) is 13.2. The number of hydrogen-bond acceptors (Lipinski definition) is 3. The third kappa shape index (κ3) is 2.92. The highest BCUT2D eigenvalue weighted by Crippen LogP contribution is 2.39. The fourth-order valence-electron chi connectivity index (χ4n) is 2.84. The molecule has 5 N–H and O–H groups in total. The minimum Gasteiger partial charge on any atom is -0.465 e. The Morgan fingerprint density at radius 3 is 2.41 bits per heavy atom. The van der Waals surface area contributed by atoms with Gasteiger partial charge >= 0.3 is 6.09 Å². The first-order valence-corrected chi connectivity index (χ1v) is 7.38. The zero-order valence-electron chi connectivity index (χ0n) is 11.7. The van der Waals surface area contributed by atoms with Gasteiger partial charge in [-0.3, -0.25) is 14.5 Å². The maximum atomic E-state index is 12.0. The van der Waals surface area contributed by atoms with Gasteiger partial charge in [-0.1, -0.05) is 34.1 Å². The molecule has 1 unspecified atom stereocenters. The van der Waals surface area contributed by atoms with Crippen molar-refractivity contribution in [1.82, 2.24) is 4.90 Å². The minimum absolute atomic E-state index is 0.00863. The molecule has 1 aromatic rings. The molecule has 0 saturated carbocycles. The first kappa shape index (κ1) is 16.3. The average Bonchev–Trinajstić information content (AvgIpc) is 2.83. The van der Waals surface area contributed by atoms with Crippen molar-refractivity contribution in [2.75, 3.05) is 6.54 Å². The fraction of sp³-hybridized carbons (Fsp3) is 0.357. The van der Waals surface area contributed by atoms with Gasteiger partial charge in [-0.25, -0.2) is 4.79 Å². The number of nitrogens with two attached hydrogens (primary N) is 2. The molecule has 118 valence electrons. The van der Waals surface area contributed by atoms with Crippen LogP contribution in [0.3, 0.4) is 0 Å². The zero-order chi connectivity index (χ0) is 16.5. The number of halogens is 1. The molecule has 2 rings (SSSR count). The Hall–Kier alpha value is -2.09. The summed E-state index contributed by atoms with van der Waals surface area (Å²) >= 11 is 3.39. The van der Waals surface area contributed by atoms with Crippen LogP contribution in [0.5, 0.6) is 0 Å². The molecule has 1 fully saturated rings. The van der Waals surface area contributed by atoms with E-state index in [1.807, 2.05) is 24.3 Å². The van der Waals surface area contributed by atoms with E-state index in [2.05, 4.69) is 15.9 Å². The van der Waals surface area contributed by atoms with Crippen LogP contribution in [-0.4, -0.2) is 40.5 Å². The highest BCUT2D eigenvalue weighted by atomic mass is 79.9. The third-order valence-electron chi connectivity index (χ3n) is 4.02. The van der Waals surface area contributed by atoms with Gasteiger partial charge in [-0.2, -0.15) is 0 Å². The second-order valence-electron chi connectivity index (χ2n) is 5.45. The third-order valence-corrected chi connectivity index (χ3v) is 4.79. The summed E-state index contributed by atoms with van der Waals surface area (Å²) in [5.74, 6) is -1.42. The van der Waals surface area contributed by atoms with Crippen LogP contribution in [0.1, 0.15) is 12.0 Å². The predicted octanol–water partition coefficient (Wildman–Crippen LogP) is 0.701. The summed E-state index contributed by atoms with van der Waals surface area (Å²) in [7, 11) is 0. The molecule has 1 saturated heterocycles. The normalized spacial score (nSPS) is 24.2. The summed E-state index contributed by atoms with van der Waals surface area (Å²) in [5.41, 5.74) is 10.5. The molecule has 2 atom stereocenters. The van der Waals surface area contributed by atoms with Crippen molar-refractivity contribution in [1.29, 1.82) is 0 Å². The van der Waals surface area contributed by atoms with Crippen molar-refractivity contribution in [3.63, 3.8) is 0 Å². The molecule has 0 bridgehead atoms. The Morgan fingerprint density at radius 1 is 1.32 bits per heavy atom. The van der Waals surface area contributed by atoms with E-state index in [9.17, 15) is 19.5 Å². The molecule has 0 aromatic heterocycles. The van der Waals surface area contributed by atoms with E-state index in [0.29, 0.717) is 0 Å². The number of primary amides is 2. The van der Waals surface area contributed by atoms with Crippen LogP contribution in [0.25, 0.3) is 0 Å². The van der Waals surface area contributed by atoms with Crippen molar-refractivity contribution in [3.05, 3.63) is 34.3 Å². The van der Waals surface area contributed by atoms with Crippen molar-refractivity contribution < 1.29 is 19.5 Å². The predicted molar refractivity (Wildman–Crippen MR) is 81.8 cm³/mol. The van der Waals surface area contributed by atoms with Crippen LogP contribution in [0.15, 0.2) is 28.7 Å². The number of amides is 3. The molecular formula is C14H16BrN3O4. The van der Waals surface area contributed by atoms with Gasteiger partial charge in [0.1, 0.15) is 6.04 Å². The summed E-state index contributed by atoms with van der Waals surface area (Å²) in [6.45, 7) is -0.146. The SMILES string of the molecule is NC(=O)[C@@H]1CC(Cc2ccccc2Br)(C(N)=O)CN1C(=O)O. The Labute approximate surface area is 135 Å². The Balaban J connectivity index is 2.38. The van der Waals surface area contributed by atoms with E-state index in [4.69, 9.17) is 11.5 Å². The number of nitrogens with zero attached hydrogens (tertiary/aromatic N) is 1. The number of benzene rings is 1. The number of carbonyl (C=O) groups excluding carboxylic acids is 2. The van der Waals surface area contributed by atoms with Crippen molar-refractivity contribution in [2.45, 2.75) is 18.9 Å². The molecule has 7 nitrogen and oxygen atoms in total. The van der Waals surface area contributed by atoms with Crippen LogP contribution >= 0.6 is 15.9 Å². The van der Waals surface area contributed by atoms with Crippen LogP contribution in [0.2, 0.25) is 0 Å². The van der Waals surface area contributed by atoms with Crippen molar-refractivity contribution >= 4 is 33.8 Å². The largest absolute Gasteiger partial charge is 0.465 e. The Kier molecular flexibility index (Phi) is 4.41. The molecule has 1 heterocycles. The summed E-state index contributed by atoms with van der Waals surface area (Å²) in [6, 6.07) is 6.23. The van der Waals surface area contributed by atoms with Crippen LogP contribution in [0, 0.1) is 5.41 Å². The molecular weight excluding hydrogens is 354 g/mol. The lowest BCUT2D eigenvalue weighted by molar-refractivity contribution is -0.127. The molecule has 0 radical (unpaired) electrons. The Bertz CT molecular complexity index is 612. The molecule has 1 aliphatic heterocycles. The van der Waals surface area contributed by atoms with Crippen LogP contribution < -0.4 is 11.5 Å². The number of carbonyl (C=O) groups is 3.